The minimum Gasteiger partial charge on any atom is -0.480 e. The number of aliphatic carboxylic acids is 1. The summed E-state index contributed by atoms with van der Waals surface area (Å²) in [5.41, 5.74) is 0.923. The van der Waals surface area contributed by atoms with Crippen LogP contribution in [0.1, 0.15) is 38.4 Å². The molecule has 0 radical (unpaired) electrons. The number of carbonyl (C=O) groups is 1. The fraction of sp³-hybridized carbons (Fsp3) is 0.636. The molecule has 1 N–H and O–H groups in total. The van der Waals surface area contributed by atoms with E-state index in [-0.39, 0.29) is 11.2 Å². The minimum atomic E-state index is -1.41. The Hall–Kier alpha value is -0.750. The third kappa shape index (κ3) is 3.89. The molecule has 0 aliphatic rings. The quantitative estimate of drug-likeness (QED) is 0.914. The van der Waals surface area contributed by atoms with Gasteiger partial charge in [-0.15, -0.1) is 11.3 Å². The first-order chi connectivity index (χ1) is 7.71. The Kier molecular flexibility index (Phi) is 4.43. The van der Waals surface area contributed by atoms with Crippen molar-refractivity contribution in [1.29, 1.82) is 0 Å². The van der Waals surface area contributed by atoms with Crippen molar-refractivity contribution in [1.82, 2.24) is 4.98 Å². The second-order valence-corrected chi connectivity index (χ2v) is 7.58. The maximum absolute atomic E-state index is 11.7. The highest BCUT2D eigenvalue weighted by Gasteiger charge is 2.22. The van der Waals surface area contributed by atoms with Gasteiger partial charge in [0.15, 0.2) is 0 Å². The molecule has 0 aliphatic carbocycles. The van der Waals surface area contributed by atoms with Crippen LogP contribution in [-0.2, 0) is 26.8 Å². The molecule has 0 fully saturated rings. The van der Waals surface area contributed by atoms with Crippen molar-refractivity contribution in [3.63, 3.8) is 0 Å². The molecule has 17 heavy (non-hydrogen) atoms. The van der Waals surface area contributed by atoms with Crippen LogP contribution in [0.4, 0.5) is 0 Å². The van der Waals surface area contributed by atoms with E-state index in [0.717, 1.165) is 10.7 Å². The van der Waals surface area contributed by atoms with E-state index < -0.39 is 22.0 Å². The van der Waals surface area contributed by atoms with Crippen molar-refractivity contribution >= 4 is 28.1 Å². The summed E-state index contributed by atoms with van der Waals surface area (Å²) >= 11 is 1.44. The number of nitrogens with zero attached hydrogens (tertiary/aromatic N) is 1. The lowest BCUT2D eigenvalue weighted by Crippen LogP contribution is -2.22. The molecule has 0 amide bonds. The highest BCUT2D eigenvalue weighted by atomic mass is 32.2. The summed E-state index contributed by atoms with van der Waals surface area (Å²) in [6.07, 6.45) is 0. The molecule has 0 saturated heterocycles. The average molecular weight is 275 g/mol. The lowest BCUT2D eigenvalue weighted by Gasteiger charge is -2.14. The van der Waals surface area contributed by atoms with Gasteiger partial charge in [0.05, 0.1) is 11.4 Å². The molecule has 0 saturated carbocycles. The maximum atomic E-state index is 11.7. The predicted molar refractivity (Wildman–Crippen MR) is 69.8 cm³/mol. The summed E-state index contributed by atoms with van der Waals surface area (Å²) in [4.78, 5) is 15.1. The topological polar surface area (TPSA) is 67.3 Å². The van der Waals surface area contributed by atoms with Crippen molar-refractivity contribution in [2.75, 3.05) is 0 Å². The molecule has 0 bridgehead atoms. The Bertz CT molecular complexity index is 434. The molecule has 1 heterocycles. The van der Waals surface area contributed by atoms with Crippen LogP contribution >= 0.6 is 11.3 Å². The van der Waals surface area contributed by atoms with E-state index in [1.807, 2.05) is 5.38 Å². The van der Waals surface area contributed by atoms with E-state index in [9.17, 15) is 9.00 Å². The number of carboxylic acid groups (broad SMARTS) is 1. The second kappa shape index (κ2) is 5.27. The second-order valence-electron chi connectivity index (χ2n) is 4.88. The molecule has 1 rings (SSSR count). The van der Waals surface area contributed by atoms with E-state index in [2.05, 4.69) is 25.8 Å². The zero-order valence-corrected chi connectivity index (χ0v) is 12.0. The Morgan fingerprint density at radius 2 is 2.18 bits per heavy atom. The van der Waals surface area contributed by atoms with Gasteiger partial charge in [-0.3, -0.25) is 9.00 Å². The van der Waals surface area contributed by atoms with Gasteiger partial charge in [-0.25, -0.2) is 4.98 Å². The van der Waals surface area contributed by atoms with Crippen LogP contribution in [0.15, 0.2) is 5.38 Å². The van der Waals surface area contributed by atoms with E-state index in [4.69, 9.17) is 5.11 Å². The predicted octanol–water partition coefficient (Wildman–Crippen LogP) is 2.16. The molecule has 1 aromatic heterocycles. The summed E-state index contributed by atoms with van der Waals surface area (Å²) in [5.74, 6) is -0.815. The van der Waals surface area contributed by atoms with Crippen LogP contribution in [0.25, 0.3) is 0 Å². The zero-order valence-electron chi connectivity index (χ0n) is 10.4. The first-order valence-electron chi connectivity index (χ1n) is 5.26. The normalized spacial score (nSPS) is 15.5. The molecule has 0 aliphatic heterocycles. The molecular formula is C11H17NO3S2. The monoisotopic (exact) mass is 275 g/mol. The van der Waals surface area contributed by atoms with Crippen LogP contribution in [0.2, 0.25) is 0 Å². The van der Waals surface area contributed by atoms with Crippen molar-refractivity contribution in [3.8, 4) is 0 Å². The average Bonchev–Trinajstić information content (AvgIpc) is 2.64. The molecule has 6 heteroatoms. The Labute approximate surface area is 108 Å². The number of thiazole rings is 1. The van der Waals surface area contributed by atoms with Crippen LogP contribution in [0, 0.1) is 0 Å². The lowest BCUT2D eigenvalue weighted by molar-refractivity contribution is -0.136. The van der Waals surface area contributed by atoms with Crippen LogP contribution in [0.5, 0.6) is 0 Å². The number of carboxylic acids is 1. The van der Waals surface area contributed by atoms with Gasteiger partial charge < -0.3 is 5.11 Å². The molecule has 2 unspecified atom stereocenters. The Balaban J connectivity index is 2.74. The summed E-state index contributed by atoms with van der Waals surface area (Å²) in [5, 5.41) is 10.6. The number of rotatable bonds is 4. The van der Waals surface area contributed by atoms with Crippen LogP contribution in [-0.4, -0.2) is 25.5 Å². The number of hydrogen-bond donors (Lipinski definition) is 1. The van der Waals surface area contributed by atoms with Gasteiger partial charge in [-0.05, 0) is 6.92 Å². The zero-order chi connectivity index (χ0) is 13.2. The molecule has 1 aromatic rings. The van der Waals surface area contributed by atoms with Gasteiger partial charge in [0.2, 0.25) is 0 Å². The summed E-state index contributed by atoms with van der Waals surface area (Å²) in [7, 11) is -1.41. The van der Waals surface area contributed by atoms with Gasteiger partial charge in [-0.2, -0.15) is 0 Å². The minimum absolute atomic E-state index is 0.0331. The standard InChI is InChI=1S/C11H17NO3S2/c1-7(10(13)14)17(15)6-9-12-8(5-16-9)11(2,3)4/h5,7H,6H2,1-4H3,(H,13,14). The van der Waals surface area contributed by atoms with Crippen LogP contribution in [0.3, 0.4) is 0 Å². The van der Waals surface area contributed by atoms with Gasteiger partial charge in [-0.1, -0.05) is 20.8 Å². The fourth-order valence-electron chi connectivity index (χ4n) is 1.08. The molecular weight excluding hydrogens is 258 g/mol. The third-order valence-electron chi connectivity index (χ3n) is 2.33. The fourth-order valence-corrected chi connectivity index (χ4v) is 3.29. The van der Waals surface area contributed by atoms with E-state index >= 15 is 0 Å². The molecule has 4 nitrogen and oxygen atoms in total. The number of aromatic nitrogens is 1. The largest absolute Gasteiger partial charge is 0.480 e. The van der Waals surface area contributed by atoms with Gasteiger partial charge in [0, 0.05) is 21.6 Å². The van der Waals surface area contributed by atoms with Crippen molar-refractivity contribution < 1.29 is 14.1 Å². The summed E-state index contributed by atoms with van der Waals surface area (Å²) in [6, 6.07) is 0. The molecule has 2 atom stereocenters. The van der Waals surface area contributed by atoms with E-state index in [0.29, 0.717) is 0 Å². The van der Waals surface area contributed by atoms with Gasteiger partial charge in [0.1, 0.15) is 10.3 Å². The highest BCUT2D eigenvalue weighted by Crippen LogP contribution is 2.24. The van der Waals surface area contributed by atoms with E-state index in [1.54, 1.807) is 0 Å². The Morgan fingerprint density at radius 3 is 2.59 bits per heavy atom. The van der Waals surface area contributed by atoms with Gasteiger partial charge >= 0.3 is 5.97 Å². The third-order valence-corrected chi connectivity index (χ3v) is 4.91. The summed E-state index contributed by atoms with van der Waals surface area (Å²) in [6.45, 7) is 7.63. The SMILES string of the molecule is CC(C(=O)O)S(=O)Cc1nc(C(C)(C)C)cs1. The van der Waals surface area contributed by atoms with E-state index in [1.165, 1.54) is 18.3 Å². The summed E-state index contributed by atoms with van der Waals surface area (Å²) < 4.78 is 11.7. The maximum Gasteiger partial charge on any atom is 0.318 e. The van der Waals surface area contributed by atoms with Crippen molar-refractivity contribution in [2.24, 2.45) is 0 Å². The smallest absolute Gasteiger partial charge is 0.318 e. The van der Waals surface area contributed by atoms with Crippen molar-refractivity contribution in [3.05, 3.63) is 16.1 Å². The highest BCUT2D eigenvalue weighted by molar-refractivity contribution is 7.85. The van der Waals surface area contributed by atoms with Gasteiger partial charge in [0.25, 0.3) is 0 Å². The molecule has 0 spiro atoms. The van der Waals surface area contributed by atoms with Crippen LogP contribution < -0.4 is 0 Å². The Morgan fingerprint density at radius 1 is 1.59 bits per heavy atom. The first kappa shape index (κ1) is 14.3. The number of hydrogen-bond acceptors (Lipinski definition) is 4. The molecule has 0 aromatic carbocycles. The molecule has 96 valence electrons. The van der Waals surface area contributed by atoms with Crippen molar-refractivity contribution in [2.45, 2.75) is 44.1 Å². The first-order valence-corrected chi connectivity index (χ1v) is 7.53. The lowest BCUT2D eigenvalue weighted by atomic mass is 9.93.